The van der Waals surface area contributed by atoms with Crippen LogP contribution in [0.1, 0.15) is 32.6 Å². The molecule has 0 aliphatic carbocycles. The van der Waals surface area contributed by atoms with Crippen LogP contribution in [0.5, 0.6) is 0 Å². The lowest BCUT2D eigenvalue weighted by Crippen LogP contribution is -2.40. The molecule has 2 nitrogen and oxygen atoms in total. The molecule has 0 aromatic carbocycles. The second-order valence-electron chi connectivity index (χ2n) is 2.90. The van der Waals surface area contributed by atoms with Crippen molar-refractivity contribution in [1.82, 2.24) is 10.4 Å². The molecule has 0 radical (unpaired) electrons. The van der Waals surface area contributed by atoms with E-state index in [4.69, 9.17) is 0 Å². The van der Waals surface area contributed by atoms with E-state index in [1.54, 1.807) is 0 Å². The Morgan fingerprint density at radius 3 is 2.80 bits per heavy atom. The van der Waals surface area contributed by atoms with Crippen LogP contribution in [-0.2, 0) is 0 Å². The fourth-order valence-corrected chi connectivity index (χ4v) is 1.37. The molecule has 1 fully saturated rings. The quantitative estimate of drug-likeness (QED) is 0.595. The van der Waals surface area contributed by atoms with E-state index in [1.807, 2.05) is 0 Å². The van der Waals surface area contributed by atoms with Gasteiger partial charge in [-0.2, -0.15) is 0 Å². The Balaban J connectivity index is 2.16. The first-order chi connectivity index (χ1) is 4.93. The molecular formula is C8H18N2. The zero-order valence-electron chi connectivity index (χ0n) is 6.90. The van der Waals surface area contributed by atoms with Crippen molar-refractivity contribution in [1.29, 1.82) is 0 Å². The molecule has 1 N–H and O–H groups in total. The molecule has 60 valence electrons. The molecule has 0 unspecified atom stereocenters. The van der Waals surface area contributed by atoms with Crippen LogP contribution < -0.4 is 5.43 Å². The van der Waals surface area contributed by atoms with Crippen molar-refractivity contribution >= 4 is 0 Å². The fourth-order valence-electron chi connectivity index (χ4n) is 1.37. The summed E-state index contributed by atoms with van der Waals surface area (Å²) in [4.78, 5) is 0. The predicted octanol–water partition coefficient (Wildman–Crippen LogP) is 1.39. The van der Waals surface area contributed by atoms with Gasteiger partial charge in [0.15, 0.2) is 0 Å². The molecule has 1 rings (SSSR count). The third-order valence-corrected chi connectivity index (χ3v) is 2.07. The Kier molecular flexibility index (Phi) is 3.76. The number of hydrogen-bond acceptors (Lipinski definition) is 2. The van der Waals surface area contributed by atoms with Gasteiger partial charge in [0.05, 0.1) is 0 Å². The van der Waals surface area contributed by atoms with Gasteiger partial charge in [-0.15, -0.1) is 0 Å². The van der Waals surface area contributed by atoms with Crippen molar-refractivity contribution in [2.24, 2.45) is 0 Å². The first-order valence-electron chi connectivity index (χ1n) is 4.42. The van der Waals surface area contributed by atoms with E-state index in [1.165, 1.54) is 38.8 Å². The smallest absolute Gasteiger partial charge is 0.0130 e. The summed E-state index contributed by atoms with van der Waals surface area (Å²) in [7, 11) is 0. The average molecular weight is 142 g/mol. The lowest BCUT2D eigenvalue weighted by Gasteiger charge is -2.23. The summed E-state index contributed by atoms with van der Waals surface area (Å²) in [5.41, 5.74) is 3.40. The molecule has 1 heterocycles. The van der Waals surface area contributed by atoms with E-state index >= 15 is 0 Å². The first-order valence-corrected chi connectivity index (χ1v) is 4.42. The summed E-state index contributed by atoms with van der Waals surface area (Å²) in [6, 6.07) is 0. The third-order valence-electron chi connectivity index (χ3n) is 2.07. The van der Waals surface area contributed by atoms with Crippen molar-refractivity contribution in [3.63, 3.8) is 0 Å². The minimum absolute atomic E-state index is 1.14. The molecule has 1 saturated heterocycles. The highest BCUT2D eigenvalue weighted by molar-refractivity contribution is 4.55. The molecule has 2 heteroatoms. The monoisotopic (exact) mass is 142 g/mol. The van der Waals surface area contributed by atoms with Crippen molar-refractivity contribution in [3.8, 4) is 0 Å². The summed E-state index contributed by atoms with van der Waals surface area (Å²) in [5.74, 6) is 0. The van der Waals surface area contributed by atoms with Crippen LogP contribution in [0, 0.1) is 0 Å². The summed E-state index contributed by atoms with van der Waals surface area (Å²) in [6.07, 6.45) is 5.53. The number of nitrogens with one attached hydrogen (secondary N) is 1. The van der Waals surface area contributed by atoms with Crippen molar-refractivity contribution in [2.75, 3.05) is 19.6 Å². The van der Waals surface area contributed by atoms with E-state index in [9.17, 15) is 0 Å². The summed E-state index contributed by atoms with van der Waals surface area (Å²) in [6.45, 7) is 5.75. The van der Waals surface area contributed by atoms with Gasteiger partial charge in [-0.25, -0.2) is 5.01 Å². The molecule has 0 saturated carbocycles. The van der Waals surface area contributed by atoms with Crippen LogP contribution in [0.25, 0.3) is 0 Å². The molecule has 0 aromatic rings. The summed E-state index contributed by atoms with van der Waals surface area (Å²) >= 11 is 0. The normalized spacial score (nSPS) is 23.7. The van der Waals surface area contributed by atoms with Gasteiger partial charge in [0.25, 0.3) is 0 Å². The number of nitrogens with zero attached hydrogens (tertiary/aromatic N) is 1. The second-order valence-corrected chi connectivity index (χ2v) is 2.90. The lowest BCUT2D eigenvalue weighted by molar-refractivity contribution is 0.181. The highest BCUT2D eigenvalue weighted by atomic mass is 15.5. The Bertz CT molecular complexity index is 75.3. The van der Waals surface area contributed by atoms with Crippen LogP contribution in [0.3, 0.4) is 0 Å². The minimum Gasteiger partial charge on any atom is -0.255 e. The highest BCUT2D eigenvalue weighted by Crippen LogP contribution is 2.03. The van der Waals surface area contributed by atoms with E-state index in [0.717, 1.165) is 6.54 Å². The molecule has 1 aliphatic heterocycles. The van der Waals surface area contributed by atoms with Crippen molar-refractivity contribution in [2.45, 2.75) is 32.6 Å². The zero-order valence-corrected chi connectivity index (χ0v) is 6.90. The largest absolute Gasteiger partial charge is 0.255 e. The molecule has 10 heavy (non-hydrogen) atoms. The number of hydrogen-bond donors (Lipinski definition) is 1. The summed E-state index contributed by atoms with van der Waals surface area (Å²) in [5, 5.41) is 2.32. The zero-order chi connectivity index (χ0) is 7.23. The van der Waals surface area contributed by atoms with Crippen LogP contribution in [-0.4, -0.2) is 24.6 Å². The lowest BCUT2D eigenvalue weighted by atomic mass is 10.2. The van der Waals surface area contributed by atoms with Gasteiger partial charge in [-0.3, -0.25) is 5.43 Å². The maximum atomic E-state index is 3.40. The number of hydrazine groups is 1. The van der Waals surface area contributed by atoms with Crippen LogP contribution >= 0.6 is 0 Å². The maximum Gasteiger partial charge on any atom is 0.0130 e. The van der Waals surface area contributed by atoms with E-state index in [0.29, 0.717) is 0 Å². The van der Waals surface area contributed by atoms with E-state index in [-0.39, 0.29) is 0 Å². The van der Waals surface area contributed by atoms with Crippen LogP contribution in [0.15, 0.2) is 0 Å². The molecule has 0 aromatic heterocycles. The highest BCUT2D eigenvalue weighted by Gasteiger charge is 2.03. The van der Waals surface area contributed by atoms with Gasteiger partial charge < -0.3 is 0 Å². The molecule has 0 atom stereocenters. The van der Waals surface area contributed by atoms with Gasteiger partial charge in [-0.05, 0) is 12.8 Å². The van der Waals surface area contributed by atoms with Gasteiger partial charge >= 0.3 is 0 Å². The SMILES string of the molecule is CCN1CCCCCCN1. The standard InChI is InChI=1S/C8H18N2/c1-2-10-8-6-4-3-5-7-9-10/h9H,2-8H2,1H3. The number of rotatable bonds is 1. The molecule has 0 amide bonds. The fraction of sp³-hybridized carbons (Fsp3) is 1.00. The molecule has 0 spiro atoms. The average Bonchev–Trinajstić information content (AvgIpc) is 1.87. The van der Waals surface area contributed by atoms with Gasteiger partial charge in [0.2, 0.25) is 0 Å². The van der Waals surface area contributed by atoms with Crippen molar-refractivity contribution < 1.29 is 0 Å². The Hall–Kier alpha value is -0.0800. The molecular weight excluding hydrogens is 124 g/mol. The van der Waals surface area contributed by atoms with Crippen molar-refractivity contribution in [3.05, 3.63) is 0 Å². The Morgan fingerprint density at radius 2 is 2.00 bits per heavy atom. The van der Waals surface area contributed by atoms with E-state index < -0.39 is 0 Å². The van der Waals surface area contributed by atoms with Gasteiger partial charge in [0, 0.05) is 19.6 Å². The second kappa shape index (κ2) is 4.69. The van der Waals surface area contributed by atoms with Gasteiger partial charge in [-0.1, -0.05) is 19.8 Å². The van der Waals surface area contributed by atoms with Gasteiger partial charge in [0.1, 0.15) is 0 Å². The topological polar surface area (TPSA) is 15.3 Å². The Labute approximate surface area is 63.6 Å². The predicted molar refractivity (Wildman–Crippen MR) is 43.7 cm³/mol. The maximum absolute atomic E-state index is 3.40. The van der Waals surface area contributed by atoms with Crippen LogP contribution in [0.4, 0.5) is 0 Å². The van der Waals surface area contributed by atoms with E-state index in [2.05, 4.69) is 17.4 Å². The third kappa shape index (κ3) is 2.67. The Morgan fingerprint density at radius 1 is 1.20 bits per heavy atom. The van der Waals surface area contributed by atoms with Crippen LogP contribution in [0.2, 0.25) is 0 Å². The summed E-state index contributed by atoms with van der Waals surface area (Å²) < 4.78 is 0. The molecule has 0 bridgehead atoms. The minimum atomic E-state index is 1.14. The molecule has 1 aliphatic rings. The first kappa shape index (κ1) is 8.02.